The first-order chi connectivity index (χ1) is 18.6. The second kappa shape index (κ2) is 10.1. The molecule has 0 fully saturated rings. The maximum atomic E-state index is 13.1. The number of ether oxygens (including phenoxy) is 1. The normalized spacial score (nSPS) is 13.5. The van der Waals surface area contributed by atoms with E-state index < -0.39 is 12.6 Å². The second-order valence-corrected chi connectivity index (χ2v) is 9.46. The van der Waals surface area contributed by atoms with Crippen LogP contribution in [0.15, 0.2) is 127 Å². The maximum Gasteiger partial charge on any atom is 0.338 e. The molecule has 0 saturated heterocycles. The van der Waals surface area contributed by atoms with Crippen LogP contribution in [0, 0.1) is 5.92 Å². The van der Waals surface area contributed by atoms with Gasteiger partial charge in [0.05, 0.1) is 12.9 Å². The van der Waals surface area contributed by atoms with Crippen molar-refractivity contribution in [3.63, 3.8) is 0 Å². The molecule has 0 heterocycles. The average molecular weight is 502 g/mol. The first-order valence-electron chi connectivity index (χ1n) is 12.8. The van der Waals surface area contributed by atoms with Crippen molar-refractivity contribution in [2.45, 2.75) is 5.92 Å². The lowest BCUT2D eigenvalue weighted by molar-refractivity contribution is 0.0493. The first-order valence-corrected chi connectivity index (χ1v) is 12.6. The highest BCUT2D eigenvalue weighted by Gasteiger charge is 2.29. The topological polar surface area (TPSA) is 26.3 Å². The highest BCUT2D eigenvalue weighted by atomic mass is 35.5. The van der Waals surface area contributed by atoms with Crippen LogP contribution in [0.25, 0.3) is 11.1 Å². The zero-order valence-corrected chi connectivity index (χ0v) is 20.7. The molecule has 0 bridgehead atoms. The number of esters is 1. The molecule has 2 nitrogen and oxygen atoms in total. The summed E-state index contributed by atoms with van der Waals surface area (Å²) in [6, 6.07) is 41.3. The highest BCUT2D eigenvalue weighted by molar-refractivity contribution is 6.30. The third-order valence-corrected chi connectivity index (χ3v) is 7.05. The van der Waals surface area contributed by atoms with Crippen LogP contribution in [0.2, 0.25) is 5.02 Å². The van der Waals surface area contributed by atoms with Crippen molar-refractivity contribution >= 4 is 17.6 Å². The number of carbonyl (C=O) groups is 1. The third kappa shape index (κ3) is 4.57. The molecule has 1 atom stereocenters. The molecule has 5 aromatic carbocycles. The second-order valence-electron chi connectivity index (χ2n) is 9.02. The number of hydrogen-bond acceptors (Lipinski definition) is 2. The van der Waals surface area contributed by atoms with E-state index in [0.29, 0.717) is 10.6 Å². The van der Waals surface area contributed by atoms with Crippen molar-refractivity contribution in [3.8, 4) is 11.1 Å². The quantitative estimate of drug-likeness (QED) is 0.173. The molecule has 6 rings (SSSR count). The minimum Gasteiger partial charge on any atom is -0.461 e. The van der Waals surface area contributed by atoms with Crippen molar-refractivity contribution in [2.24, 2.45) is 0 Å². The Morgan fingerprint density at radius 1 is 0.622 bits per heavy atom. The summed E-state index contributed by atoms with van der Waals surface area (Å²) in [6.07, 6.45) is 0. The molecule has 0 amide bonds. The van der Waals surface area contributed by atoms with Gasteiger partial charge in [0.1, 0.15) is 6.58 Å². The Bertz CT molecular complexity index is 1530. The zero-order chi connectivity index (χ0) is 26.1. The highest BCUT2D eigenvalue weighted by Crippen LogP contribution is 2.44. The monoisotopic (exact) mass is 501 g/mol. The van der Waals surface area contributed by atoms with Gasteiger partial charge in [-0.15, -0.1) is 0 Å². The van der Waals surface area contributed by atoms with Crippen LogP contribution in [-0.2, 0) is 4.74 Å². The molecular weight excluding hydrogens is 476 g/mol. The van der Waals surface area contributed by atoms with E-state index in [1.807, 2.05) is 91.0 Å². The van der Waals surface area contributed by atoms with Crippen molar-refractivity contribution in [2.75, 3.05) is 6.58 Å². The lowest BCUT2D eigenvalue weighted by atomic mass is 9.85. The van der Waals surface area contributed by atoms with Gasteiger partial charge in [0.15, 0.2) is 0 Å². The minimum absolute atomic E-state index is 0.325. The predicted molar refractivity (Wildman–Crippen MR) is 149 cm³/mol. The summed E-state index contributed by atoms with van der Waals surface area (Å²) in [5.74, 6) is 0.208. The molecule has 0 saturated carbocycles. The van der Waals surface area contributed by atoms with Gasteiger partial charge in [0, 0.05) is 10.9 Å². The number of benzene rings is 5. The van der Waals surface area contributed by atoms with E-state index in [1.165, 1.54) is 0 Å². The summed E-state index contributed by atoms with van der Waals surface area (Å²) in [7, 11) is 0. The Balaban J connectivity index is 1.25. The smallest absolute Gasteiger partial charge is 0.338 e. The molecule has 1 aliphatic rings. The lowest BCUT2D eigenvalue weighted by Gasteiger charge is -2.18. The van der Waals surface area contributed by atoms with Crippen molar-refractivity contribution in [3.05, 3.63) is 172 Å². The molecule has 3 heteroatoms. The molecule has 0 aliphatic heterocycles. The summed E-state index contributed by atoms with van der Waals surface area (Å²) in [5.41, 5.74) is 7.69. The molecule has 179 valence electrons. The zero-order valence-electron chi connectivity index (χ0n) is 21.0. The number of rotatable bonds is 6. The van der Waals surface area contributed by atoms with Crippen LogP contribution in [-0.4, -0.2) is 12.6 Å². The standard InChI is InChI=1S/C34H24ClO2/c35-27-20-18-25(19-21-27)33(23-8-2-1-3-9-23)24-14-16-26(17-15-24)34(36)37-22-32-30-12-6-4-10-28(30)29-11-5-7-13-31(29)32/h1-21,32H,22H2/i22T. The van der Waals surface area contributed by atoms with E-state index in [2.05, 4.69) is 24.3 Å². The van der Waals surface area contributed by atoms with Gasteiger partial charge in [-0.3, -0.25) is 0 Å². The minimum atomic E-state index is -1.06. The lowest BCUT2D eigenvalue weighted by Crippen LogP contribution is -2.13. The van der Waals surface area contributed by atoms with Gasteiger partial charge in [-0.1, -0.05) is 115 Å². The van der Waals surface area contributed by atoms with E-state index in [4.69, 9.17) is 17.7 Å². The third-order valence-electron chi connectivity index (χ3n) is 6.80. The summed E-state index contributed by atoms with van der Waals surface area (Å²) >= 11 is 6.13. The molecule has 1 aliphatic carbocycles. The van der Waals surface area contributed by atoms with Gasteiger partial charge in [0.2, 0.25) is 0 Å². The van der Waals surface area contributed by atoms with Gasteiger partial charge in [-0.25, -0.2) is 4.79 Å². The molecule has 37 heavy (non-hydrogen) atoms. The Hall–Kier alpha value is -4.14. The predicted octanol–water partition coefficient (Wildman–Crippen LogP) is 8.33. The van der Waals surface area contributed by atoms with Gasteiger partial charge in [0.25, 0.3) is 0 Å². The van der Waals surface area contributed by atoms with Crippen molar-refractivity contribution in [1.29, 1.82) is 0 Å². The van der Waals surface area contributed by atoms with Crippen LogP contribution in [0.5, 0.6) is 0 Å². The Morgan fingerprint density at radius 2 is 1.08 bits per heavy atom. The number of carbonyl (C=O) groups excluding carboxylic acids is 1. The Morgan fingerprint density at radius 3 is 1.68 bits per heavy atom. The van der Waals surface area contributed by atoms with Crippen LogP contribution in [0.1, 0.15) is 45.5 Å². The van der Waals surface area contributed by atoms with Crippen molar-refractivity contribution in [1.82, 2.24) is 0 Å². The number of halogens is 1. The summed E-state index contributed by atoms with van der Waals surface area (Å²) in [4.78, 5) is 13.1. The molecule has 0 N–H and O–H groups in total. The van der Waals surface area contributed by atoms with Gasteiger partial charge in [-0.2, -0.15) is 0 Å². The van der Waals surface area contributed by atoms with Crippen LogP contribution >= 0.6 is 11.6 Å². The molecule has 1 unspecified atom stereocenters. The van der Waals surface area contributed by atoms with Gasteiger partial charge >= 0.3 is 5.97 Å². The molecular formula is C34H24ClO2. The summed E-state index contributed by atoms with van der Waals surface area (Å²) in [6.45, 7) is -1.06. The van der Waals surface area contributed by atoms with Gasteiger partial charge < -0.3 is 4.74 Å². The van der Waals surface area contributed by atoms with Crippen LogP contribution < -0.4 is 0 Å². The summed E-state index contributed by atoms with van der Waals surface area (Å²) < 4.78 is 14.5. The van der Waals surface area contributed by atoms with Gasteiger partial charge in [-0.05, 0) is 63.2 Å². The van der Waals surface area contributed by atoms with Crippen LogP contribution in [0.3, 0.4) is 0 Å². The fraction of sp³-hybridized carbons (Fsp3) is 0.0588. The maximum absolute atomic E-state index is 13.1. The van der Waals surface area contributed by atoms with Crippen molar-refractivity contribution < 1.29 is 10.9 Å². The average Bonchev–Trinajstić information content (AvgIpc) is 3.30. The molecule has 5 aromatic rings. The first kappa shape index (κ1) is 22.1. The SMILES string of the molecule is [3H]C(OC(=O)c1ccc([C](c2ccccc2)c2ccc(Cl)cc2)cc1)C1c2ccccc2-c2ccccc21. The molecule has 1 radical (unpaired) electrons. The number of hydrogen-bond donors (Lipinski definition) is 0. The molecule has 0 aromatic heterocycles. The van der Waals surface area contributed by atoms with Crippen LogP contribution in [0.4, 0.5) is 0 Å². The van der Waals surface area contributed by atoms with E-state index in [9.17, 15) is 4.79 Å². The van der Waals surface area contributed by atoms with E-state index >= 15 is 0 Å². The summed E-state index contributed by atoms with van der Waals surface area (Å²) in [5, 5.41) is 0.678. The van der Waals surface area contributed by atoms with E-state index in [1.54, 1.807) is 12.1 Å². The fourth-order valence-electron chi connectivity index (χ4n) is 5.03. The number of fused-ring (bicyclic) bond motifs is 3. The Labute approximate surface area is 223 Å². The van der Waals surface area contributed by atoms with E-state index in [0.717, 1.165) is 44.9 Å². The van der Waals surface area contributed by atoms with E-state index in [-0.39, 0.29) is 5.92 Å². The largest absolute Gasteiger partial charge is 0.461 e. The molecule has 0 spiro atoms. The Kier molecular flexibility index (Phi) is 6.02. The fourth-order valence-corrected chi connectivity index (χ4v) is 5.16.